The molecule has 1 fully saturated rings. The van der Waals surface area contributed by atoms with Gasteiger partial charge in [-0.1, -0.05) is 19.1 Å². The summed E-state index contributed by atoms with van der Waals surface area (Å²) in [6.45, 7) is 5.19. The Morgan fingerprint density at radius 1 is 1.14 bits per heavy atom. The van der Waals surface area contributed by atoms with Gasteiger partial charge >= 0.3 is 0 Å². The summed E-state index contributed by atoms with van der Waals surface area (Å²) in [6.07, 6.45) is 6.14. The zero-order chi connectivity index (χ0) is 19.6. The molecule has 4 rings (SSSR count). The van der Waals surface area contributed by atoms with Crippen LogP contribution >= 0.6 is 11.9 Å². The van der Waals surface area contributed by atoms with Crippen molar-refractivity contribution in [2.24, 2.45) is 5.41 Å². The van der Waals surface area contributed by atoms with Gasteiger partial charge in [0.05, 0.1) is 12.0 Å². The normalized spacial score (nSPS) is 16.6. The molecule has 28 heavy (non-hydrogen) atoms. The molecule has 0 unspecified atom stereocenters. The number of benzene rings is 1. The Labute approximate surface area is 171 Å². The molecule has 0 saturated carbocycles. The summed E-state index contributed by atoms with van der Waals surface area (Å²) in [5.41, 5.74) is 3.40. The van der Waals surface area contributed by atoms with E-state index >= 15 is 0 Å². The van der Waals surface area contributed by atoms with Crippen molar-refractivity contribution in [3.63, 3.8) is 0 Å². The second-order valence-electron chi connectivity index (χ2n) is 8.01. The molecule has 2 aromatic heterocycles. The minimum atomic E-state index is 0.225. The SMILES string of the molecule is CN(C)Sc1ccc(-c2c[nH]c3nccc(OCC4(C)CCNCC4)c23)cc1. The third-order valence-electron chi connectivity index (χ3n) is 5.38. The van der Waals surface area contributed by atoms with Crippen LogP contribution in [0.15, 0.2) is 47.6 Å². The standard InChI is InChI=1S/C22H28N4OS/c1-22(9-12-23-13-10-22)15-27-19-8-11-24-21-20(19)18(14-25-21)16-4-6-17(7-5-16)28-26(2)3/h4-8,11,14,23H,9-10,12-13,15H2,1-3H3,(H,24,25). The fourth-order valence-electron chi connectivity index (χ4n) is 3.71. The van der Waals surface area contributed by atoms with Crippen molar-refractivity contribution in [1.82, 2.24) is 19.6 Å². The van der Waals surface area contributed by atoms with Crippen molar-refractivity contribution in [3.05, 3.63) is 42.7 Å². The summed E-state index contributed by atoms with van der Waals surface area (Å²) in [5, 5.41) is 4.50. The number of nitrogens with zero attached hydrogens (tertiary/aromatic N) is 2. The van der Waals surface area contributed by atoms with Crippen LogP contribution in [0.4, 0.5) is 0 Å². The van der Waals surface area contributed by atoms with E-state index < -0.39 is 0 Å². The number of hydrogen-bond donors (Lipinski definition) is 2. The van der Waals surface area contributed by atoms with Gasteiger partial charge in [0.2, 0.25) is 0 Å². The topological polar surface area (TPSA) is 53.2 Å². The monoisotopic (exact) mass is 396 g/mol. The van der Waals surface area contributed by atoms with Gasteiger partial charge in [0.1, 0.15) is 11.4 Å². The zero-order valence-corrected chi connectivity index (χ0v) is 17.6. The average Bonchev–Trinajstić information content (AvgIpc) is 3.12. The van der Waals surface area contributed by atoms with Crippen LogP contribution in [0, 0.1) is 5.41 Å². The van der Waals surface area contributed by atoms with Crippen molar-refractivity contribution in [2.45, 2.75) is 24.7 Å². The Hall–Kier alpha value is -2.02. The second kappa shape index (κ2) is 8.15. The lowest BCUT2D eigenvalue weighted by molar-refractivity contribution is 0.124. The van der Waals surface area contributed by atoms with E-state index in [9.17, 15) is 0 Å². The first kappa shape index (κ1) is 19.3. The van der Waals surface area contributed by atoms with E-state index in [2.05, 4.69) is 64.9 Å². The van der Waals surface area contributed by atoms with Gasteiger partial charge in [0.15, 0.2) is 0 Å². The molecule has 0 radical (unpaired) electrons. The first-order chi connectivity index (χ1) is 13.5. The quantitative estimate of drug-likeness (QED) is 0.598. The van der Waals surface area contributed by atoms with Crippen LogP contribution in [-0.4, -0.2) is 48.1 Å². The number of aromatic amines is 1. The Kier molecular flexibility index (Phi) is 5.62. The van der Waals surface area contributed by atoms with E-state index in [0.29, 0.717) is 0 Å². The molecule has 0 amide bonds. The Morgan fingerprint density at radius 3 is 2.61 bits per heavy atom. The highest BCUT2D eigenvalue weighted by molar-refractivity contribution is 7.97. The number of hydrogen-bond acceptors (Lipinski definition) is 5. The summed E-state index contributed by atoms with van der Waals surface area (Å²) in [4.78, 5) is 9.03. The molecule has 1 aliphatic heterocycles. The third-order valence-corrected chi connectivity index (χ3v) is 6.22. The van der Waals surface area contributed by atoms with Crippen molar-refractivity contribution in [2.75, 3.05) is 33.8 Å². The van der Waals surface area contributed by atoms with Crippen LogP contribution in [0.1, 0.15) is 19.8 Å². The number of ether oxygens (including phenoxy) is 1. The molecule has 148 valence electrons. The highest BCUT2D eigenvalue weighted by atomic mass is 32.2. The molecule has 5 nitrogen and oxygen atoms in total. The van der Waals surface area contributed by atoms with E-state index in [1.165, 1.54) is 10.5 Å². The van der Waals surface area contributed by atoms with E-state index in [1.807, 2.05) is 18.5 Å². The molecular weight excluding hydrogens is 368 g/mol. The van der Waals surface area contributed by atoms with Crippen molar-refractivity contribution in [1.29, 1.82) is 0 Å². The maximum Gasteiger partial charge on any atom is 0.141 e. The highest BCUT2D eigenvalue weighted by Crippen LogP contribution is 2.37. The molecule has 0 atom stereocenters. The van der Waals surface area contributed by atoms with Crippen LogP contribution in [0.3, 0.4) is 0 Å². The van der Waals surface area contributed by atoms with Crippen LogP contribution in [0.25, 0.3) is 22.2 Å². The maximum atomic E-state index is 6.36. The fraction of sp³-hybridized carbons (Fsp3) is 0.409. The largest absolute Gasteiger partial charge is 0.492 e. The first-order valence-electron chi connectivity index (χ1n) is 9.79. The van der Waals surface area contributed by atoms with E-state index in [1.54, 1.807) is 11.9 Å². The molecule has 0 bridgehead atoms. The van der Waals surface area contributed by atoms with Crippen molar-refractivity contribution >= 4 is 23.0 Å². The molecule has 1 aliphatic rings. The lowest BCUT2D eigenvalue weighted by atomic mass is 9.82. The summed E-state index contributed by atoms with van der Waals surface area (Å²) in [6, 6.07) is 10.6. The summed E-state index contributed by atoms with van der Waals surface area (Å²) in [7, 11) is 4.10. The fourth-order valence-corrected chi connectivity index (χ4v) is 4.39. The number of piperidine rings is 1. The van der Waals surface area contributed by atoms with Gasteiger partial charge in [0, 0.05) is 28.3 Å². The molecule has 2 N–H and O–H groups in total. The van der Waals surface area contributed by atoms with Gasteiger partial charge in [-0.05, 0) is 75.7 Å². The van der Waals surface area contributed by atoms with Crippen molar-refractivity contribution in [3.8, 4) is 16.9 Å². The van der Waals surface area contributed by atoms with E-state index in [0.717, 1.165) is 54.9 Å². The highest BCUT2D eigenvalue weighted by Gasteiger charge is 2.28. The number of pyridine rings is 1. The molecule has 1 aromatic carbocycles. The molecule has 0 spiro atoms. The molecular formula is C22H28N4OS. The third kappa shape index (κ3) is 4.19. The number of nitrogens with one attached hydrogen (secondary N) is 2. The van der Waals surface area contributed by atoms with Crippen LogP contribution in [-0.2, 0) is 0 Å². The Balaban J connectivity index is 1.61. The lowest BCUT2D eigenvalue weighted by Gasteiger charge is -2.33. The van der Waals surface area contributed by atoms with Crippen molar-refractivity contribution < 1.29 is 4.74 Å². The Morgan fingerprint density at radius 2 is 1.89 bits per heavy atom. The van der Waals surface area contributed by atoms with E-state index in [-0.39, 0.29) is 5.41 Å². The lowest BCUT2D eigenvalue weighted by Crippen LogP contribution is -2.38. The number of aromatic nitrogens is 2. The second-order valence-corrected chi connectivity index (χ2v) is 9.40. The van der Waals surface area contributed by atoms with Crippen LogP contribution in [0.5, 0.6) is 5.75 Å². The molecule has 1 saturated heterocycles. The number of fused-ring (bicyclic) bond motifs is 1. The van der Waals surface area contributed by atoms with Gasteiger partial charge in [-0.25, -0.2) is 4.98 Å². The molecule has 6 heteroatoms. The minimum Gasteiger partial charge on any atom is -0.492 e. The number of H-pyrrole nitrogens is 1. The summed E-state index contributed by atoms with van der Waals surface area (Å²) < 4.78 is 8.46. The van der Waals surface area contributed by atoms with Gasteiger partial charge in [-0.2, -0.15) is 0 Å². The average molecular weight is 397 g/mol. The van der Waals surface area contributed by atoms with Gasteiger partial charge in [-0.3, -0.25) is 4.31 Å². The summed E-state index contributed by atoms with van der Waals surface area (Å²) >= 11 is 1.72. The first-order valence-corrected chi connectivity index (χ1v) is 10.6. The zero-order valence-electron chi connectivity index (χ0n) is 16.8. The summed E-state index contributed by atoms with van der Waals surface area (Å²) in [5.74, 6) is 0.910. The number of rotatable bonds is 6. The predicted molar refractivity (Wildman–Crippen MR) is 117 cm³/mol. The van der Waals surface area contributed by atoms with Crippen LogP contribution in [0.2, 0.25) is 0 Å². The van der Waals surface area contributed by atoms with Gasteiger partial charge < -0.3 is 15.0 Å². The maximum absolute atomic E-state index is 6.36. The molecule has 0 aliphatic carbocycles. The van der Waals surface area contributed by atoms with Crippen LogP contribution < -0.4 is 10.1 Å². The molecule has 3 heterocycles. The molecule has 3 aromatic rings. The van der Waals surface area contributed by atoms with Gasteiger partial charge in [0.25, 0.3) is 0 Å². The smallest absolute Gasteiger partial charge is 0.141 e. The van der Waals surface area contributed by atoms with E-state index in [4.69, 9.17) is 4.74 Å². The minimum absolute atomic E-state index is 0.225. The Bertz CT molecular complexity index is 929. The van der Waals surface area contributed by atoms with Gasteiger partial charge in [-0.15, -0.1) is 0 Å². The predicted octanol–water partition coefficient (Wildman–Crippen LogP) is 4.57.